The van der Waals surface area contributed by atoms with Crippen molar-refractivity contribution in [2.45, 2.75) is 63.9 Å². The molecule has 0 bridgehead atoms. The lowest BCUT2D eigenvalue weighted by atomic mass is 9.79. The number of aliphatic hydroxyl groups is 1. The van der Waals surface area contributed by atoms with Gasteiger partial charge in [0.05, 0.1) is 16.4 Å². The van der Waals surface area contributed by atoms with Crippen LogP contribution < -0.4 is 0 Å². The van der Waals surface area contributed by atoms with Crippen LogP contribution in [0.5, 0.6) is 0 Å². The summed E-state index contributed by atoms with van der Waals surface area (Å²) in [5.74, 6) is -0.918. The first-order chi connectivity index (χ1) is 12.5. The molecular weight excluding hydrogens is 334 g/mol. The van der Waals surface area contributed by atoms with Crippen molar-refractivity contribution in [3.63, 3.8) is 0 Å². The van der Waals surface area contributed by atoms with E-state index in [9.17, 15) is 20.0 Å². The molecule has 1 aliphatic heterocycles. The third-order valence-corrected chi connectivity index (χ3v) is 5.55. The fourth-order valence-electron chi connectivity index (χ4n) is 4.19. The molecule has 1 aromatic carbocycles. The predicted octanol–water partition coefficient (Wildman–Crippen LogP) is 4.80. The average Bonchev–Trinajstić information content (AvgIpc) is 2.60. The van der Waals surface area contributed by atoms with Crippen LogP contribution in [0.25, 0.3) is 0 Å². The van der Waals surface area contributed by atoms with Crippen molar-refractivity contribution < 1.29 is 19.6 Å². The summed E-state index contributed by atoms with van der Waals surface area (Å²) in [6.07, 6.45) is 6.13. The van der Waals surface area contributed by atoms with E-state index < -0.39 is 16.8 Å². The van der Waals surface area contributed by atoms with Crippen molar-refractivity contribution in [1.82, 2.24) is 0 Å². The number of carbonyl (C=O) groups excluding carboxylic acids is 1. The number of esters is 1. The summed E-state index contributed by atoms with van der Waals surface area (Å²) in [6.45, 7) is 1.90. The van der Waals surface area contributed by atoms with E-state index in [1.54, 1.807) is 12.1 Å². The Bertz CT molecular complexity index is 727. The monoisotopic (exact) mass is 359 g/mol. The third kappa shape index (κ3) is 3.59. The number of nitro benzene ring substituents is 1. The van der Waals surface area contributed by atoms with Gasteiger partial charge < -0.3 is 9.84 Å². The van der Waals surface area contributed by atoms with E-state index in [1.165, 1.54) is 12.1 Å². The van der Waals surface area contributed by atoms with Crippen LogP contribution >= 0.6 is 0 Å². The van der Waals surface area contributed by atoms with E-state index in [-0.39, 0.29) is 29.0 Å². The van der Waals surface area contributed by atoms with Crippen LogP contribution in [0.15, 0.2) is 35.6 Å². The maximum Gasteiger partial charge on any atom is 0.338 e. The van der Waals surface area contributed by atoms with Crippen molar-refractivity contribution in [2.75, 3.05) is 0 Å². The summed E-state index contributed by atoms with van der Waals surface area (Å²) in [4.78, 5) is 23.3. The van der Waals surface area contributed by atoms with Gasteiger partial charge in [-0.25, -0.2) is 4.79 Å². The van der Waals surface area contributed by atoms with E-state index in [0.717, 1.165) is 38.5 Å². The summed E-state index contributed by atoms with van der Waals surface area (Å²) in [5.41, 5.74) is 0.911. The Labute approximate surface area is 153 Å². The van der Waals surface area contributed by atoms with Crippen molar-refractivity contribution in [3.05, 3.63) is 51.3 Å². The van der Waals surface area contributed by atoms with Gasteiger partial charge in [0.15, 0.2) is 0 Å². The topological polar surface area (TPSA) is 89.7 Å². The Morgan fingerprint density at radius 1 is 1.27 bits per heavy atom. The maximum absolute atomic E-state index is 12.7. The first-order valence-electron chi connectivity index (χ1n) is 9.41. The first kappa shape index (κ1) is 18.4. The van der Waals surface area contributed by atoms with Gasteiger partial charge >= 0.3 is 5.97 Å². The number of benzene rings is 1. The number of aliphatic hydroxyl groups excluding tert-OH is 1. The van der Waals surface area contributed by atoms with Crippen LogP contribution in [0.4, 0.5) is 5.69 Å². The second kappa shape index (κ2) is 7.89. The standard InChI is InChI=1S/C20H25NO5/c1-2-15(13-8-7-9-14(12-13)21(24)25)18-19(22)16-10-5-3-4-6-11-17(16)26-20(18)23/h7-9,12,15-17,22H,2-6,10-11H2,1H3. The van der Waals surface area contributed by atoms with E-state index >= 15 is 0 Å². The minimum Gasteiger partial charge on any atom is -0.511 e. The first-order valence-corrected chi connectivity index (χ1v) is 9.41. The van der Waals surface area contributed by atoms with Crippen LogP contribution in [0.1, 0.15) is 63.4 Å². The molecule has 2 aliphatic rings. The molecule has 1 N–H and O–H groups in total. The van der Waals surface area contributed by atoms with Crippen LogP contribution in [0.3, 0.4) is 0 Å². The largest absolute Gasteiger partial charge is 0.511 e. The van der Waals surface area contributed by atoms with Crippen molar-refractivity contribution >= 4 is 11.7 Å². The van der Waals surface area contributed by atoms with Gasteiger partial charge in [-0.15, -0.1) is 0 Å². The smallest absolute Gasteiger partial charge is 0.338 e. The molecule has 1 aliphatic carbocycles. The average molecular weight is 359 g/mol. The number of non-ortho nitro benzene ring substituents is 1. The number of nitrogens with zero attached hydrogens (tertiary/aromatic N) is 1. The van der Waals surface area contributed by atoms with E-state index in [0.29, 0.717) is 12.0 Å². The van der Waals surface area contributed by atoms with Gasteiger partial charge in [0, 0.05) is 18.1 Å². The summed E-state index contributed by atoms with van der Waals surface area (Å²) in [7, 11) is 0. The zero-order valence-electron chi connectivity index (χ0n) is 15.0. The Morgan fingerprint density at radius 2 is 2.00 bits per heavy atom. The summed E-state index contributed by atoms with van der Waals surface area (Å²) in [5, 5.41) is 22.0. The highest BCUT2D eigenvalue weighted by atomic mass is 16.6. The Kier molecular flexibility index (Phi) is 5.59. The minimum absolute atomic E-state index is 0.0194. The van der Waals surface area contributed by atoms with Gasteiger partial charge in [0.1, 0.15) is 11.9 Å². The highest BCUT2D eigenvalue weighted by molar-refractivity contribution is 5.92. The molecule has 6 nitrogen and oxygen atoms in total. The Balaban J connectivity index is 1.99. The van der Waals surface area contributed by atoms with Crippen molar-refractivity contribution in [3.8, 4) is 0 Å². The quantitative estimate of drug-likeness (QED) is 0.474. The van der Waals surface area contributed by atoms with Crippen LogP contribution in [0, 0.1) is 16.0 Å². The van der Waals surface area contributed by atoms with E-state index in [4.69, 9.17) is 4.74 Å². The number of fused-ring (bicyclic) bond motifs is 1. The SMILES string of the molecule is CCC(C1=C(O)C2CCCCCCC2OC1=O)c1cccc([N+](=O)[O-])c1. The molecule has 0 radical (unpaired) electrons. The summed E-state index contributed by atoms with van der Waals surface area (Å²) < 4.78 is 5.70. The molecule has 3 atom stereocenters. The van der Waals surface area contributed by atoms with Crippen molar-refractivity contribution in [1.29, 1.82) is 0 Å². The van der Waals surface area contributed by atoms with Crippen LogP contribution in [-0.2, 0) is 9.53 Å². The Hall–Kier alpha value is -2.37. The second-order valence-corrected chi connectivity index (χ2v) is 7.15. The van der Waals surface area contributed by atoms with Gasteiger partial charge in [-0.3, -0.25) is 10.1 Å². The molecule has 0 amide bonds. The Morgan fingerprint density at radius 3 is 2.69 bits per heavy atom. The zero-order chi connectivity index (χ0) is 18.7. The number of ether oxygens (including phenoxy) is 1. The second-order valence-electron chi connectivity index (χ2n) is 7.15. The highest BCUT2D eigenvalue weighted by Gasteiger charge is 2.40. The number of nitro groups is 1. The predicted molar refractivity (Wildman–Crippen MR) is 96.9 cm³/mol. The molecular formula is C20H25NO5. The molecule has 0 spiro atoms. The van der Waals surface area contributed by atoms with Gasteiger partial charge in [-0.2, -0.15) is 0 Å². The number of rotatable bonds is 4. The normalized spacial score (nSPS) is 24.9. The molecule has 3 unspecified atom stereocenters. The van der Waals surface area contributed by atoms with Crippen molar-refractivity contribution in [2.24, 2.45) is 5.92 Å². The van der Waals surface area contributed by atoms with E-state index in [2.05, 4.69) is 0 Å². The fourth-order valence-corrected chi connectivity index (χ4v) is 4.19. The van der Waals surface area contributed by atoms with E-state index in [1.807, 2.05) is 6.92 Å². The minimum atomic E-state index is -0.484. The molecule has 0 aromatic heterocycles. The lowest BCUT2D eigenvalue weighted by Gasteiger charge is -2.35. The molecule has 6 heteroatoms. The lowest BCUT2D eigenvalue weighted by Crippen LogP contribution is -2.37. The lowest BCUT2D eigenvalue weighted by molar-refractivity contribution is -0.384. The number of carbonyl (C=O) groups is 1. The van der Waals surface area contributed by atoms with Gasteiger partial charge in [0.2, 0.25) is 0 Å². The molecule has 1 heterocycles. The molecule has 1 fully saturated rings. The number of hydrogen-bond donors (Lipinski definition) is 1. The van der Waals surface area contributed by atoms with Gasteiger partial charge in [-0.05, 0) is 31.2 Å². The zero-order valence-corrected chi connectivity index (χ0v) is 15.0. The van der Waals surface area contributed by atoms with Gasteiger partial charge in [-0.1, -0.05) is 38.3 Å². The molecule has 26 heavy (non-hydrogen) atoms. The van der Waals surface area contributed by atoms with Crippen LogP contribution in [-0.4, -0.2) is 22.1 Å². The fraction of sp³-hybridized carbons (Fsp3) is 0.550. The summed E-state index contributed by atoms with van der Waals surface area (Å²) in [6, 6.07) is 6.28. The third-order valence-electron chi connectivity index (χ3n) is 5.55. The maximum atomic E-state index is 12.7. The molecule has 1 saturated carbocycles. The molecule has 3 rings (SSSR count). The molecule has 1 aromatic rings. The molecule has 140 valence electrons. The molecule has 0 saturated heterocycles. The van der Waals surface area contributed by atoms with Gasteiger partial charge in [0.25, 0.3) is 5.69 Å². The number of hydrogen-bond acceptors (Lipinski definition) is 5. The highest BCUT2D eigenvalue weighted by Crippen LogP contribution is 2.41. The summed E-state index contributed by atoms with van der Waals surface area (Å²) >= 11 is 0. The van der Waals surface area contributed by atoms with Crippen LogP contribution in [0.2, 0.25) is 0 Å².